The van der Waals surface area contributed by atoms with Gasteiger partial charge in [0.15, 0.2) is 0 Å². The maximum atomic E-state index is 12.4. The number of amides is 2. The van der Waals surface area contributed by atoms with Gasteiger partial charge in [-0.1, -0.05) is 11.6 Å². The minimum atomic E-state index is -0.384. The number of aromatic nitrogens is 1. The minimum Gasteiger partial charge on any atom is -0.357 e. The highest BCUT2D eigenvalue weighted by Gasteiger charge is 2.34. The fraction of sp³-hybridized carbons (Fsp3) is 0.462. The zero-order chi connectivity index (χ0) is 14.0. The lowest BCUT2D eigenvalue weighted by Gasteiger charge is -2.23. The summed E-state index contributed by atoms with van der Waals surface area (Å²) in [5.74, 6) is -0.291. The van der Waals surface area contributed by atoms with E-state index in [1.807, 2.05) is 0 Å². The zero-order valence-electron chi connectivity index (χ0n) is 10.9. The first-order valence-corrected chi connectivity index (χ1v) is 6.57. The molecular weight excluding hydrogens is 266 g/mol. The van der Waals surface area contributed by atoms with Gasteiger partial charge in [-0.3, -0.25) is 9.59 Å². The van der Waals surface area contributed by atoms with E-state index in [9.17, 15) is 9.59 Å². The second-order valence-corrected chi connectivity index (χ2v) is 4.98. The van der Waals surface area contributed by atoms with Crippen LogP contribution in [-0.2, 0) is 4.79 Å². The summed E-state index contributed by atoms with van der Waals surface area (Å²) >= 11 is 5.87. The van der Waals surface area contributed by atoms with Crippen LogP contribution >= 0.6 is 11.6 Å². The van der Waals surface area contributed by atoms with E-state index < -0.39 is 0 Å². The third-order valence-electron chi connectivity index (χ3n) is 3.23. The standard InChI is InChI=1S/C13H16ClN3O2/c1-8-6-9(7-11(14)16-8)13(19)17-5-3-4-10(17)12(18)15-2/h6-7,10H,3-5H2,1-2H3,(H,15,18). The molecule has 1 saturated heterocycles. The predicted molar refractivity (Wildman–Crippen MR) is 72.1 cm³/mol. The Morgan fingerprint density at radius 1 is 1.47 bits per heavy atom. The number of carbonyl (C=O) groups excluding carboxylic acids is 2. The van der Waals surface area contributed by atoms with Crippen molar-refractivity contribution in [2.24, 2.45) is 0 Å². The van der Waals surface area contributed by atoms with Crippen molar-refractivity contribution in [1.82, 2.24) is 15.2 Å². The van der Waals surface area contributed by atoms with Crippen LogP contribution < -0.4 is 5.32 Å². The van der Waals surface area contributed by atoms with Gasteiger partial charge in [-0.05, 0) is 31.9 Å². The molecule has 0 radical (unpaired) electrons. The second-order valence-electron chi connectivity index (χ2n) is 4.59. The summed E-state index contributed by atoms with van der Waals surface area (Å²) in [6, 6.07) is 2.84. The molecule has 1 fully saturated rings. The monoisotopic (exact) mass is 281 g/mol. The summed E-state index contributed by atoms with van der Waals surface area (Å²) in [7, 11) is 1.58. The molecule has 1 N–H and O–H groups in total. The number of hydrogen-bond donors (Lipinski definition) is 1. The smallest absolute Gasteiger partial charge is 0.254 e. The highest BCUT2D eigenvalue weighted by Crippen LogP contribution is 2.21. The van der Waals surface area contributed by atoms with Gasteiger partial charge in [0.25, 0.3) is 5.91 Å². The quantitative estimate of drug-likeness (QED) is 0.834. The van der Waals surface area contributed by atoms with Gasteiger partial charge in [0.05, 0.1) is 0 Å². The first-order chi connectivity index (χ1) is 9.02. The highest BCUT2D eigenvalue weighted by molar-refractivity contribution is 6.29. The topological polar surface area (TPSA) is 62.3 Å². The number of halogens is 1. The summed E-state index contributed by atoms with van der Waals surface area (Å²) in [4.78, 5) is 29.8. The third-order valence-corrected chi connectivity index (χ3v) is 3.43. The number of carbonyl (C=O) groups is 2. The van der Waals surface area contributed by atoms with Gasteiger partial charge in [0.2, 0.25) is 5.91 Å². The number of aryl methyl sites for hydroxylation is 1. The van der Waals surface area contributed by atoms with Gasteiger partial charge < -0.3 is 10.2 Å². The lowest BCUT2D eigenvalue weighted by atomic mass is 10.1. The van der Waals surface area contributed by atoms with Gasteiger partial charge in [0.1, 0.15) is 11.2 Å². The molecule has 1 aliphatic heterocycles. The number of likely N-dealkylation sites (N-methyl/N-ethyl adjacent to an activating group) is 1. The van der Waals surface area contributed by atoms with E-state index in [-0.39, 0.29) is 17.9 Å². The van der Waals surface area contributed by atoms with Crippen molar-refractivity contribution in [3.63, 3.8) is 0 Å². The van der Waals surface area contributed by atoms with Crippen LogP contribution in [0.1, 0.15) is 28.9 Å². The predicted octanol–water partition coefficient (Wildman–Crippen LogP) is 1.39. The van der Waals surface area contributed by atoms with Crippen LogP contribution in [0.15, 0.2) is 12.1 Å². The van der Waals surface area contributed by atoms with Gasteiger partial charge in [0, 0.05) is 24.8 Å². The minimum absolute atomic E-state index is 0.122. The van der Waals surface area contributed by atoms with Crippen molar-refractivity contribution in [3.8, 4) is 0 Å². The molecule has 0 bridgehead atoms. The maximum Gasteiger partial charge on any atom is 0.254 e. The van der Waals surface area contributed by atoms with E-state index in [4.69, 9.17) is 11.6 Å². The van der Waals surface area contributed by atoms with Crippen molar-refractivity contribution in [1.29, 1.82) is 0 Å². The van der Waals surface area contributed by atoms with Crippen molar-refractivity contribution in [2.75, 3.05) is 13.6 Å². The van der Waals surface area contributed by atoms with Gasteiger partial charge in [-0.2, -0.15) is 0 Å². The van der Waals surface area contributed by atoms with Crippen molar-refractivity contribution in [3.05, 3.63) is 28.5 Å². The first kappa shape index (κ1) is 13.8. The van der Waals surface area contributed by atoms with Crippen LogP contribution in [0.5, 0.6) is 0 Å². The third kappa shape index (κ3) is 2.87. The van der Waals surface area contributed by atoms with Crippen molar-refractivity contribution < 1.29 is 9.59 Å². The number of hydrogen-bond acceptors (Lipinski definition) is 3. The van der Waals surface area contributed by atoms with Crippen molar-refractivity contribution >= 4 is 23.4 Å². The molecule has 0 saturated carbocycles. The number of nitrogens with zero attached hydrogens (tertiary/aromatic N) is 2. The van der Waals surface area contributed by atoms with Crippen LogP contribution in [0.25, 0.3) is 0 Å². The van der Waals surface area contributed by atoms with Crippen molar-refractivity contribution in [2.45, 2.75) is 25.8 Å². The lowest BCUT2D eigenvalue weighted by Crippen LogP contribution is -2.44. The fourth-order valence-corrected chi connectivity index (χ4v) is 2.62. The molecular formula is C13H16ClN3O2. The molecule has 1 atom stereocenters. The molecule has 0 aliphatic carbocycles. The molecule has 1 aliphatic rings. The molecule has 6 heteroatoms. The molecule has 0 aromatic carbocycles. The summed E-state index contributed by atoms with van der Waals surface area (Å²) < 4.78 is 0. The average molecular weight is 282 g/mol. The molecule has 5 nitrogen and oxygen atoms in total. The Bertz CT molecular complexity index is 498. The molecule has 19 heavy (non-hydrogen) atoms. The molecule has 2 amide bonds. The van der Waals surface area contributed by atoms with E-state index in [0.29, 0.717) is 29.4 Å². The molecule has 1 unspecified atom stereocenters. The Balaban J connectivity index is 2.25. The molecule has 0 spiro atoms. The maximum absolute atomic E-state index is 12.4. The highest BCUT2D eigenvalue weighted by atomic mass is 35.5. The summed E-state index contributed by atoms with van der Waals surface area (Å²) in [6.45, 7) is 2.37. The average Bonchev–Trinajstić information content (AvgIpc) is 2.84. The van der Waals surface area contributed by atoms with Crippen LogP contribution in [0.4, 0.5) is 0 Å². The van der Waals surface area contributed by atoms with Crippen LogP contribution in [0.3, 0.4) is 0 Å². The Labute approximate surface area is 117 Å². The molecule has 2 heterocycles. The van der Waals surface area contributed by atoms with Crippen LogP contribution in [0.2, 0.25) is 5.15 Å². The SMILES string of the molecule is CNC(=O)C1CCCN1C(=O)c1cc(C)nc(Cl)c1. The normalized spacial score (nSPS) is 18.5. The second kappa shape index (κ2) is 5.57. The van der Waals surface area contributed by atoms with E-state index in [1.54, 1.807) is 24.9 Å². The van der Waals surface area contributed by atoms with E-state index >= 15 is 0 Å². The molecule has 2 rings (SSSR count). The lowest BCUT2D eigenvalue weighted by molar-refractivity contribution is -0.124. The summed E-state index contributed by atoms with van der Waals surface area (Å²) in [6.07, 6.45) is 1.53. The van der Waals surface area contributed by atoms with Gasteiger partial charge >= 0.3 is 0 Å². The number of likely N-dealkylation sites (tertiary alicyclic amines) is 1. The van der Waals surface area contributed by atoms with E-state index in [1.165, 1.54) is 6.07 Å². The Morgan fingerprint density at radius 2 is 2.21 bits per heavy atom. The Kier molecular flexibility index (Phi) is 4.04. The molecule has 1 aromatic heterocycles. The van der Waals surface area contributed by atoms with Crippen LogP contribution in [-0.4, -0.2) is 41.3 Å². The molecule has 102 valence electrons. The fourth-order valence-electron chi connectivity index (χ4n) is 2.37. The van der Waals surface area contributed by atoms with Crippen LogP contribution in [0, 0.1) is 6.92 Å². The summed E-state index contributed by atoms with van der Waals surface area (Å²) in [5, 5.41) is 2.89. The van der Waals surface area contributed by atoms with E-state index in [2.05, 4.69) is 10.3 Å². The summed E-state index contributed by atoms with van der Waals surface area (Å²) in [5.41, 5.74) is 1.17. The van der Waals surface area contributed by atoms with Gasteiger partial charge in [-0.15, -0.1) is 0 Å². The largest absolute Gasteiger partial charge is 0.357 e. The number of pyridine rings is 1. The van der Waals surface area contributed by atoms with Gasteiger partial charge in [-0.25, -0.2) is 4.98 Å². The number of rotatable bonds is 2. The van der Waals surface area contributed by atoms with E-state index in [0.717, 1.165) is 6.42 Å². The number of nitrogens with one attached hydrogen (secondary N) is 1. The first-order valence-electron chi connectivity index (χ1n) is 6.19. The molecule has 1 aromatic rings. The Morgan fingerprint density at radius 3 is 2.84 bits per heavy atom. The zero-order valence-corrected chi connectivity index (χ0v) is 11.7. The Hall–Kier alpha value is -1.62.